The summed E-state index contributed by atoms with van der Waals surface area (Å²) in [5, 5.41) is 10.0. The first kappa shape index (κ1) is 30.8. The van der Waals surface area contributed by atoms with Crippen molar-refractivity contribution in [3.05, 3.63) is 66.1 Å². The Bertz CT molecular complexity index is 1240. The number of aromatic nitrogens is 2. The number of aliphatic hydroxyl groups excluding tert-OH is 1. The Kier molecular flexibility index (Phi) is 10.6. The zero-order valence-corrected chi connectivity index (χ0v) is 25.4. The highest BCUT2D eigenvalue weighted by molar-refractivity contribution is 5.94. The van der Waals surface area contributed by atoms with Crippen molar-refractivity contribution in [3.8, 4) is 11.3 Å². The van der Waals surface area contributed by atoms with Crippen molar-refractivity contribution in [3.63, 3.8) is 0 Å². The van der Waals surface area contributed by atoms with E-state index >= 15 is 0 Å². The lowest BCUT2D eigenvalue weighted by atomic mass is 9.78. The SMILES string of the molecule is C=C(/C=C\C(OC)=C(C)C)[C@H]1CC[C@H](CN(c2cc(-c3coc(C(C)C)n3)ccn2)C(=O)[C@H]2CC[C@H](O)CC2)CC1. The number of methoxy groups -OCH3 is 1. The Labute approximate surface area is 245 Å². The molecule has 0 aromatic carbocycles. The van der Waals surface area contributed by atoms with Gasteiger partial charge in [0.05, 0.1) is 13.2 Å². The van der Waals surface area contributed by atoms with E-state index < -0.39 is 0 Å². The van der Waals surface area contributed by atoms with Crippen molar-refractivity contribution in [2.45, 2.75) is 91.1 Å². The number of nitrogens with zero attached hydrogens (tertiary/aromatic N) is 3. The Morgan fingerprint density at radius 1 is 1.12 bits per heavy atom. The van der Waals surface area contributed by atoms with E-state index in [4.69, 9.17) is 9.15 Å². The highest BCUT2D eigenvalue weighted by Crippen LogP contribution is 2.36. The van der Waals surface area contributed by atoms with Crippen LogP contribution in [-0.4, -0.2) is 40.7 Å². The zero-order valence-electron chi connectivity index (χ0n) is 25.4. The number of carbonyl (C=O) groups is 1. The van der Waals surface area contributed by atoms with Crippen LogP contribution in [0.5, 0.6) is 0 Å². The van der Waals surface area contributed by atoms with Gasteiger partial charge in [0.25, 0.3) is 0 Å². The van der Waals surface area contributed by atoms with Crippen LogP contribution < -0.4 is 4.90 Å². The topological polar surface area (TPSA) is 88.7 Å². The summed E-state index contributed by atoms with van der Waals surface area (Å²) in [4.78, 5) is 25.2. The number of hydrogen-bond acceptors (Lipinski definition) is 6. The van der Waals surface area contributed by atoms with E-state index in [0.717, 1.165) is 53.8 Å². The number of anilines is 1. The molecule has 7 nitrogen and oxygen atoms in total. The van der Waals surface area contributed by atoms with Crippen molar-refractivity contribution >= 4 is 11.7 Å². The van der Waals surface area contributed by atoms with Gasteiger partial charge in [-0.25, -0.2) is 9.97 Å². The number of oxazole rings is 1. The highest BCUT2D eigenvalue weighted by atomic mass is 16.5. The van der Waals surface area contributed by atoms with Crippen LogP contribution in [0, 0.1) is 17.8 Å². The van der Waals surface area contributed by atoms with E-state index in [2.05, 4.69) is 36.5 Å². The van der Waals surface area contributed by atoms with Crippen molar-refractivity contribution in [1.29, 1.82) is 0 Å². The first-order valence-corrected chi connectivity index (χ1v) is 15.2. The standard InChI is InChI=1S/C34H47N3O4/c1-22(2)31(40-6)16-7-24(5)26-10-8-25(9-11-26)20-37(34(39)27-12-14-29(38)15-13-27)32-19-28(17-18-35-32)30-21-41-33(36-30)23(3)4/h7,16-19,21,23,25-27,29,38H,5,8-15,20H2,1-4,6H3/b16-7-/t25-,26-,27-,29-. The molecule has 2 aromatic heterocycles. The van der Waals surface area contributed by atoms with Crippen molar-refractivity contribution in [2.75, 3.05) is 18.6 Å². The maximum absolute atomic E-state index is 14.0. The summed E-state index contributed by atoms with van der Waals surface area (Å²) in [7, 11) is 1.70. The largest absolute Gasteiger partial charge is 0.497 e. The predicted molar refractivity (Wildman–Crippen MR) is 163 cm³/mol. The van der Waals surface area contributed by atoms with Crippen molar-refractivity contribution in [2.24, 2.45) is 17.8 Å². The minimum absolute atomic E-state index is 0.0882. The predicted octanol–water partition coefficient (Wildman–Crippen LogP) is 7.60. The van der Waals surface area contributed by atoms with Gasteiger partial charge in [-0.1, -0.05) is 32.1 Å². The summed E-state index contributed by atoms with van der Waals surface area (Å²) in [6, 6.07) is 3.88. The van der Waals surface area contributed by atoms with Crippen molar-refractivity contribution < 1.29 is 19.1 Å². The van der Waals surface area contributed by atoms with Gasteiger partial charge in [0.1, 0.15) is 23.5 Å². The van der Waals surface area contributed by atoms with Crippen LogP contribution in [-0.2, 0) is 9.53 Å². The molecular weight excluding hydrogens is 514 g/mol. The average Bonchev–Trinajstić information content (AvgIpc) is 3.47. The summed E-state index contributed by atoms with van der Waals surface area (Å²) in [6.07, 6.45) is 14.2. The summed E-state index contributed by atoms with van der Waals surface area (Å²) in [5.74, 6) is 3.29. The molecule has 0 bridgehead atoms. The molecule has 222 valence electrons. The van der Waals surface area contributed by atoms with E-state index in [0.29, 0.717) is 55.8 Å². The fraction of sp³-hybridized carbons (Fsp3) is 0.559. The minimum Gasteiger partial charge on any atom is -0.497 e. The van der Waals surface area contributed by atoms with E-state index in [1.54, 1.807) is 19.6 Å². The van der Waals surface area contributed by atoms with E-state index in [1.165, 1.54) is 0 Å². The van der Waals surface area contributed by atoms with Gasteiger partial charge >= 0.3 is 0 Å². The van der Waals surface area contributed by atoms with E-state index in [-0.39, 0.29) is 23.8 Å². The second-order valence-corrected chi connectivity index (χ2v) is 12.3. The van der Waals surface area contributed by atoms with Crippen LogP contribution in [0.25, 0.3) is 11.3 Å². The van der Waals surface area contributed by atoms with Crippen molar-refractivity contribution in [1.82, 2.24) is 9.97 Å². The van der Waals surface area contributed by atoms with Crippen LogP contribution in [0.4, 0.5) is 5.82 Å². The van der Waals surface area contributed by atoms with Gasteiger partial charge in [-0.05, 0) is 101 Å². The molecule has 0 radical (unpaired) electrons. The van der Waals surface area contributed by atoms with E-state index in [9.17, 15) is 9.90 Å². The fourth-order valence-corrected chi connectivity index (χ4v) is 5.98. The Balaban J connectivity index is 1.49. The first-order valence-electron chi connectivity index (χ1n) is 15.2. The van der Waals surface area contributed by atoms with Crippen LogP contribution in [0.3, 0.4) is 0 Å². The Morgan fingerprint density at radius 2 is 1.80 bits per heavy atom. The monoisotopic (exact) mass is 561 g/mol. The van der Waals surface area contributed by atoms with Crippen LogP contribution in [0.1, 0.15) is 90.9 Å². The number of carbonyl (C=O) groups excluding carboxylic acids is 1. The molecule has 0 spiro atoms. The number of ether oxygens (including phenoxy) is 1. The normalized spacial score (nSPS) is 23.0. The third-order valence-electron chi connectivity index (χ3n) is 8.62. The molecule has 2 aliphatic rings. The summed E-state index contributed by atoms with van der Waals surface area (Å²) in [6.45, 7) is 13.2. The number of allylic oxidation sites excluding steroid dienone is 4. The van der Waals surface area contributed by atoms with E-state index in [1.807, 2.05) is 37.0 Å². The van der Waals surface area contributed by atoms with Crippen LogP contribution in [0.15, 0.2) is 64.6 Å². The maximum Gasteiger partial charge on any atom is 0.231 e. The second kappa shape index (κ2) is 14.1. The lowest BCUT2D eigenvalue weighted by Gasteiger charge is -2.35. The number of hydrogen-bond donors (Lipinski definition) is 1. The van der Waals surface area contributed by atoms with Gasteiger partial charge < -0.3 is 14.3 Å². The summed E-state index contributed by atoms with van der Waals surface area (Å²) >= 11 is 0. The molecule has 0 aliphatic heterocycles. The number of amides is 1. The molecule has 2 aliphatic carbocycles. The third-order valence-corrected chi connectivity index (χ3v) is 8.62. The number of rotatable bonds is 10. The van der Waals surface area contributed by atoms with Gasteiger partial charge in [0.15, 0.2) is 5.89 Å². The summed E-state index contributed by atoms with van der Waals surface area (Å²) < 4.78 is 11.1. The quantitative estimate of drug-likeness (QED) is 0.237. The molecule has 1 N–H and O–H groups in total. The van der Waals surface area contributed by atoms with Gasteiger partial charge in [0, 0.05) is 30.1 Å². The van der Waals surface area contributed by atoms with Gasteiger partial charge in [0.2, 0.25) is 5.91 Å². The molecule has 7 heteroatoms. The fourth-order valence-electron chi connectivity index (χ4n) is 5.98. The smallest absolute Gasteiger partial charge is 0.231 e. The second-order valence-electron chi connectivity index (χ2n) is 12.3. The molecule has 2 heterocycles. The number of pyridine rings is 1. The minimum atomic E-state index is -0.301. The lowest BCUT2D eigenvalue weighted by molar-refractivity contribution is -0.124. The highest BCUT2D eigenvalue weighted by Gasteiger charge is 2.33. The molecule has 0 atom stereocenters. The maximum atomic E-state index is 14.0. The molecule has 41 heavy (non-hydrogen) atoms. The van der Waals surface area contributed by atoms with Gasteiger partial charge in [-0.3, -0.25) is 9.69 Å². The molecule has 0 saturated heterocycles. The average molecular weight is 562 g/mol. The molecule has 1 amide bonds. The molecular formula is C34H47N3O4. The molecule has 2 saturated carbocycles. The van der Waals surface area contributed by atoms with Gasteiger partial charge in [-0.15, -0.1) is 0 Å². The Hall–Kier alpha value is -3.19. The van der Waals surface area contributed by atoms with Gasteiger partial charge in [-0.2, -0.15) is 0 Å². The lowest BCUT2D eigenvalue weighted by Crippen LogP contribution is -2.42. The molecule has 0 unspecified atom stereocenters. The number of aliphatic hydroxyl groups is 1. The molecule has 4 rings (SSSR count). The molecule has 2 aromatic rings. The first-order chi connectivity index (χ1) is 19.7. The zero-order chi connectivity index (χ0) is 29.5. The Morgan fingerprint density at radius 3 is 2.41 bits per heavy atom. The van der Waals surface area contributed by atoms with Crippen LogP contribution >= 0.6 is 0 Å². The van der Waals surface area contributed by atoms with Crippen LogP contribution in [0.2, 0.25) is 0 Å². The summed E-state index contributed by atoms with van der Waals surface area (Å²) in [5.41, 5.74) is 3.92. The molecule has 2 fully saturated rings. The third kappa shape index (κ3) is 7.97.